The molecule has 1 aromatic rings. The summed E-state index contributed by atoms with van der Waals surface area (Å²) in [5.41, 5.74) is 0. The molecule has 20 heavy (non-hydrogen) atoms. The smallest absolute Gasteiger partial charge is 0.311 e. The van der Waals surface area contributed by atoms with Crippen LogP contribution in [0.25, 0.3) is 0 Å². The van der Waals surface area contributed by atoms with Crippen LogP contribution in [0.4, 0.5) is 4.39 Å². The molecule has 0 amide bonds. The highest BCUT2D eigenvalue weighted by atomic mass is 19.1. The van der Waals surface area contributed by atoms with E-state index in [1.54, 1.807) is 6.07 Å². The van der Waals surface area contributed by atoms with Crippen LogP contribution >= 0.6 is 0 Å². The molecule has 0 fully saturated rings. The molecule has 1 aromatic carbocycles. The highest BCUT2D eigenvalue weighted by Crippen LogP contribution is 2.16. The lowest BCUT2D eigenvalue weighted by molar-refractivity contribution is -0.148. The van der Waals surface area contributed by atoms with E-state index in [0.717, 1.165) is 0 Å². The van der Waals surface area contributed by atoms with Gasteiger partial charge in [0, 0.05) is 6.61 Å². The number of hydrogen-bond acceptors (Lipinski definition) is 5. The number of carbonyl (C=O) groups is 2. The lowest BCUT2D eigenvalue weighted by Gasteiger charge is -2.06. The first-order valence-corrected chi connectivity index (χ1v) is 6.32. The Kier molecular flexibility index (Phi) is 7.27. The van der Waals surface area contributed by atoms with E-state index in [1.165, 1.54) is 18.2 Å². The minimum atomic E-state index is -0.683. The largest absolute Gasteiger partial charge is 0.463 e. The Hall–Kier alpha value is -1.95. The average molecular weight is 284 g/mol. The lowest BCUT2D eigenvalue weighted by atomic mass is 10.3. The minimum absolute atomic E-state index is 0.112. The van der Waals surface area contributed by atoms with Crippen molar-refractivity contribution in [3.63, 3.8) is 0 Å². The van der Waals surface area contributed by atoms with Gasteiger partial charge >= 0.3 is 11.9 Å². The van der Waals surface area contributed by atoms with Gasteiger partial charge in [0.05, 0.1) is 19.4 Å². The van der Waals surface area contributed by atoms with Gasteiger partial charge in [0.1, 0.15) is 6.61 Å². The van der Waals surface area contributed by atoms with Crippen molar-refractivity contribution in [2.75, 3.05) is 19.8 Å². The topological polar surface area (TPSA) is 61.8 Å². The molecule has 0 saturated carbocycles. The van der Waals surface area contributed by atoms with Crippen molar-refractivity contribution in [1.29, 1.82) is 0 Å². The number of benzene rings is 1. The van der Waals surface area contributed by atoms with Gasteiger partial charge in [-0.25, -0.2) is 4.39 Å². The second-order valence-electron chi connectivity index (χ2n) is 3.82. The Bertz CT molecular complexity index is 447. The molecule has 0 aliphatic rings. The molecule has 0 spiro atoms. The summed E-state index contributed by atoms with van der Waals surface area (Å²) in [6.07, 6.45) is -0.277. The number of halogens is 1. The van der Waals surface area contributed by atoms with Crippen LogP contribution in [0.1, 0.15) is 19.8 Å². The molecule has 0 heterocycles. The van der Waals surface area contributed by atoms with Crippen LogP contribution in [0.5, 0.6) is 5.75 Å². The summed E-state index contributed by atoms with van der Waals surface area (Å²) in [5, 5.41) is 0. The van der Waals surface area contributed by atoms with Crippen LogP contribution in [0, 0.1) is 5.82 Å². The number of hydrogen-bond donors (Lipinski definition) is 0. The zero-order valence-electron chi connectivity index (χ0n) is 11.3. The summed E-state index contributed by atoms with van der Waals surface area (Å²) in [6, 6.07) is 5.56. The van der Waals surface area contributed by atoms with Crippen molar-refractivity contribution >= 4 is 11.9 Å². The molecular formula is C14H17FO5. The molecule has 1 rings (SSSR count). The monoisotopic (exact) mass is 284 g/mol. The SMILES string of the molecule is CCOCCOC(=O)CCC(=O)Oc1ccccc1F. The molecule has 0 aliphatic carbocycles. The van der Waals surface area contributed by atoms with Crippen molar-refractivity contribution in [3.8, 4) is 5.75 Å². The molecule has 0 saturated heterocycles. The molecule has 110 valence electrons. The van der Waals surface area contributed by atoms with Gasteiger partial charge in [0.2, 0.25) is 0 Å². The summed E-state index contributed by atoms with van der Waals surface area (Å²) < 4.78 is 27.8. The van der Waals surface area contributed by atoms with E-state index in [0.29, 0.717) is 13.2 Å². The average Bonchev–Trinajstić information content (AvgIpc) is 2.44. The molecule has 0 N–H and O–H groups in total. The van der Waals surface area contributed by atoms with E-state index < -0.39 is 17.8 Å². The molecule has 0 radical (unpaired) electrons. The Morgan fingerprint density at radius 3 is 2.50 bits per heavy atom. The zero-order chi connectivity index (χ0) is 14.8. The van der Waals surface area contributed by atoms with Gasteiger partial charge in [0.15, 0.2) is 11.6 Å². The van der Waals surface area contributed by atoms with E-state index in [9.17, 15) is 14.0 Å². The molecule has 0 aliphatic heterocycles. The second kappa shape index (κ2) is 9.03. The van der Waals surface area contributed by atoms with Crippen LogP contribution < -0.4 is 4.74 Å². The highest BCUT2D eigenvalue weighted by Gasteiger charge is 2.12. The third-order valence-corrected chi connectivity index (χ3v) is 2.29. The van der Waals surface area contributed by atoms with Gasteiger partial charge in [-0.05, 0) is 19.1 Å². The van der Waals surface area contributed by atoms with E-state index in [-0.39, 0.29) is 25.2 Å². The van der Waals surface area contributed by atoms with Crippen molar-refractivity contribution < 1.29 is 28.2 Å². The van der Waals surface area contributed by atoms with Crippen molar-refractivity contribution in [2.24, 2.45) is 0 Å². The number of rotatable bonds is 8. The Morgan fingerprint density at radius 2 is 1.80 bits per heavy atom. The van der Waals surface area contributed by atoms with Crippen LogP contribution in [0.3, 0.4) is 0 Å². The number of para-hydroxylation sites is 1. The summed E-state index contributed by atoms with van der Waals surface area (Å²) in [5.74, 6) is -1.98. The quantitative estimate of drug-likeness (QED) is 0.415. The maximum absolute atomic E-state index is 13.2. The zero-order valence-corrected chi connectivity index (χ0v) is 11.3. The maximum Gasteiger partial charge on any atom is 0.311 e. The highest BCUT2D eigenvalue weighted by molar-refractivity contribution is 5.79. The van der Waals surface area contributed by atoms with E-state index in [2.05, 4.69) is 0 Å². The van der Waals surface area contributed by atoms with Gasteiger partial charge in [-0.15, -0.1) is 0 Å². The lowest BCUT2D eigenvalue weighted by Crippen LogP contribution is -2.14. The molecule has 5 nitrogen and oxygen atoms in total. The Labute approximate surface area is 116 Å². The summed E-state index contributed by atoms with van der Waals surface area (Å²) in [7, 11) is 0. The fourth-order valence-corrected chi connectivity index (χ4v) is 1.34. The van der Waals surface area contributed by atoms with Gasteiger partial charge in [-0.2, -0.15) is 0 Å². The molecule has 6 heteroatoms. The normalized spacial score (nSPS) is 10.1. The van der Waals surface area contributed by atoms with E-state index in [4.69, 9.17) is 14.2 Å². The maximum atomic E-state index is 13.2. The fourth-order valence-electron chi connectivity index (χ4n) is 1.34. The van der Waals surface area contributed by atoms with Crippen molar-refractivity contribution in [2.45, 2.75) is 19.8 Å². The second-order valence-corrected chi connectivity index (χ2v) is 3.82. The van der Waals surface area contributed by atoms with Crippen molar-refractivity contribution in [3.05, 3.63) is 30.1 Å². The summed E-state index contributed by atoms with van der Waals surface area (Å²) in [6.45, 7) is 2.85. The van der Waals surface area contributed by atoms with E-state index >= 15 is 0 Å². The number of ether oxygens (including phenoxy) is 3. The van der Waals surface area contributed by atoms with Gasteiger partial charge in [-0.3, -0.25) is 9.59 Å². The standard InChI is InChI=1S/C14H17FO5/c1-2-18-9-10-19-13(16)7-8-14(17)20-12-6-4-3-5-11(12)15/h3-6H,2,7-10H2,1H3. The predicted octanol–water partition coefficient (Wildman–Crippen LogP) is 2.09. The third kappa shape index (κ3) is 6.29. The number of esters is 2. The first-order valence-electron chi connectivity index (χ1n) is 6.32. The van der Waals surface area contributed by atoms with Gasteiger partial charge < -0.3 is 14.2 Å². The molecule has 0 bridgehead atoms. The minimum Gasteiger partial charge on any atom is -0.463 e. The third-order valence-electron chi connectivity index (χ3n) is 2.29. The summed E-state index contributed by atoms with van der Waals surface area (Å²) in [4.78, 5) is 22.7. The molecule has 0 unspecified atom stereocenters. The number of carbonyl (C=O) groups excluding carboxylic acids is 2. The van der Waals surface area contributed by atoms with Gasteiger partial charge in [0.25, 0.3) is 0 Å². The molecule has 0 atom stereocenters. The molecular weight excluding hydrogens is 267 g/mol. The Morgan fingerprint density at radius 1 is 1.10 bits per heavy atom. The first-order chi connectivity index (χ1) is 9.63. The fraction of sp³-hybridized carbons (Fsp3) is 0.429. The van der Waals surface area contributed by atoms with Crippen LogP contribution in [-0.2, 0) is 19.1 Å². The Balaban J connectivity index is 2.23. The molecule has 0 aromatic heterocycles. The first kappa shape index (κ1) is 16.1. The van der Waals surface area contributed by atoms with Crippen LogP contribution in [0.2, 0.25) is 0 Å². The predicted molar refractivity (Wildman–Crippen MR) is 68.7 cm³/mol. The van der Waals surface area contributed by atoms with Crippen LogP contribution in [0.15, 0.2) is 24.3 Å². The van der Waals surface area contributed by atoms with Crippen LogP contribution in [-0.4, -0.2) is 31.8 Å². The van der Waals surface area contributed by atoms with Crippen molar-refractivity contribution in [1.82, 2.24) is 0 Å². The van der Waals surface area contributed by atoms with Gasteiger partial charge in [-0.1, -0.05) is 12.1 Å². The summed E-state index contributed by atoms with van der Waals surface area (Å²) >= 11 is 0. The van der Waals surface area contributed by atoms with E-state index in [1.807, 2.05) is 6.92 Å².